The lowest BCUT2D eigenvalue weighted by molar-refractivity contribution is -0.130. The maximum Gasteiger partial charge on any atom is 0.224 e. The molecular formula is C16H24ClN3O2. The van der Waals surface area contributed by atoms with E-state index in [1.165, 1.54) is 0 Å². The molecule has 2 rings (SSSR count). The maximum atomic E-state index is 12.2. The van der Waals surface area contributed by atoms with Crippen molar-refractivity contribution in [2.45, 2.75) is 19.8 Å². The highest BCUT2D eigenvalue weighted by atomic mass is 35.5. The number of halogens is 1. The molecule has 1 heterocycles. The zero-order valence-electron chi connectivity index (χ0n) is 13.2. The molecule has 3 N–H and O–H groups in total. The van der Waals surface area contributed by atoms with Crippen LogP contribution in [0, 0.1) is 5.41 Å². The summed E-state index contributed by atoms with van der Waals surface area (Å²) in [6.45, 7) is 4.85. The molecule has 1 aromatic rings. The molecule has 1 amide bonds. The van der Waals surface area contributed by atoms with Crippen LogP contribution in [0.2, 0.25) is 5.02 Å². The fourth-order valence-corrected chi connectivity index (χ4v) is 2.86. The van der Waals surface area contributed by atoms with Gasteiger partial charge >= 0.3 is 0 Å². The molecule has 1 atom stereocenters. The molecule has 5 nitrogen and oxygen atoms in total. The summed E-state index contributed by atoms with van der Waals surface area (Å²) in [5, 5.41) is 3.84. The molecule has 1 aromatic carbocycles. The number of carbonyl (C=O) groups is 1. The van der Waals surface area contributed by atoms with Gasteiger partial charge in [-0.25, -0.2) is 0 Å². The molecule has 0 bridgehead atoms. The first kappa shape index (κ1) is 16.9. The average Bonchev–Trinajstić information content (AvgIpc) is 2.91. The van der Waals surface area contributed by atoms with E-state index in [1.807, 2.05) is 4.90 Å². The van der Waals surface area contributed by atoms with Crippen molar-refractivity contribution in [1.82, 2.24) is 4.90 Å². The summed E-state index contributed by atoms with van der Waals surface area (Å²) in [5.41, 5.74) is 6.65. The first-order chi connectivity index (χ1) is 10.5. The van der Waals surface area contributed by atoms with Crippen molar-refractivity contribution in [2.75, 3.05) is 38.6 Å². The van der Waals surface area contributed by atoms with E-state index < -0.39 is 0 Å². The van der Waals surface area contributed by atoms with Gasteiger partial charge in [-0.1, -0.05) is 18.5 Å². The fourth-order valence-electron chi connectivity index (χ4n) is 2.68. The molecule has 0 saturated carbocycles. The van der Waals surface area contributed by atoms with Crippen LogP contribution in [0.15, 0.2) is 18.2 Å². The van der Waals surface area contributed by atoms with Crippen molar-refractivity contribution >= 4 is 23.2 Å². The number of nitrogens with two attached hydrogens (primary N) is 1. The molecule has 0 radical (unpaired) electrons. The van der Waals surface area contributed by atoms with Gasteiger partial charge in [0.05, 0.1) is 12.8 Å². The number of methoxy groups -OCH3 is 1. The SMILES string of the molecule is COc1ccc(Cl)cc1NCCC(=O)N1CCC(C)(CN)C1. The monoisotopic (exact) mass is 325 g/mol. The van der Waals surface area contributed by atoms with Gasteiger partial charge in [-0.05, 0) is 36.6 Å². The third-order valence-corrected chi connectivity index (χ3v) is 4.45. The molecule has 122 valence electrons. The van der Waals surface area contributed by atoms with Gasteiger partial charge in [-0.15, -0.1) is 0 Å². The fraction of sp³-hybridized carbons (Fsp3) is 0.562. The molecule has 0 aliphatic carbocycles. The summed E-state index contributed by atoms with van der Waals surface area (Å²) in [6, 6.07) is 5.38. The van der Waals surface area contributed by atoms with Crippen LogP contribution in [0.3, 0.4) is 0 Å². The van der Waals surface area contributed by atoms with Crippen LogP contribution in [0.5, 0.6) is 5.75 Å². The summed E-state index contributed by atoms with van der Waals surface area (Å²) in [6.07, 6.45) is 1.42. The Kier molecular flexibility index (Phi) is 5.53. The Balaban J connectivity index is 1.84. The molecule has 1 aliphatic heterocycles. The van der Waals surface area contributed by atoms with Crippen molar-refractivity contribution < 1.29 is 9.53 Å². The minimum absolute atomic E-state index is 0.0687. The predicted molar refractivity (Wildman–Crippen MR) is 89.5 cm³/mol. The summed E-state index contributed by atoms with van der Waals surface area (Å²) in [5.74, 6) is 0.874. The summed E-state index contributed by atoms with van der Waals surface area (Å²) < 4.78 is 5.27. The minimum Gasteiger partial charge on any atom is -0.495 e. The van der Waals surface area contributed by atoms with E-state index in [0.717, 1.165) is 25.2 Å². The van der Waals surface area contributed by atoms with Gasteiger partial charge in [0, 0.05) is 31.1 Å². The third kappa shape index (κ3) is 4.05. The Morgan fingerprint density at radius 1 is 1.55 bits per heavy atom. The quantitative estimate of drug-likeness (QED) is 0.842. The lowest BCUT2D eigenvalue weighted by Gasteiger charge is -2.22. The summed E-state index contributed by atoms with van der Waals surface area (Å²) in [4.78, 5) is 14.2. The van der Waals surface area contributed by atoms with Crippen molar-refractivity contribution in [3.63, 3.8) is 0 Å². The first-order valence-corrected chi connectivity index (χ1v) is 7.90. The van der Waals surface area contributed by atoms with E-state index in [-0.39, 0.29) is 11.3 Å². The number of hydrogen-bond acceptors (Lipinski definition) is 4. The Hall–Kier alpha value is -1.46. The van der Waals surface area contributed by atoms with Gasteiger partial charge in [-0.2, -0.15) is 0 Å². The number of nitrogens with one attached hydrogen (secondary N) is 1. The number of benzene rings is 1. The van der Waals surface area contributed by atoms with Crippen molar-refractivity contribution in [3.8, 4) is 5.75 Å². The Labute approximate surface area is 136 Å². The van der Waals surface area contributed by atoms with Gasteiger partial charge in [0.15, 0.2) is 0 Å². The van der Waals surface area contributed by atoms with Gasteiger partial charge < -0.3 is 20.7 Å². The van der Waals surface area contributed by atoms with E-state index in [9.17, 15) is 4.79 Å². The molecule has 6 heteroatoms. The van der Waals surface area contributed by atoms with Crippen LogP contribution in [-0.4, -0.2) is 44.1 Å². The topological polar surface area (TPSA) is 67.6 Å². The second-order valence-electron chi connectivity index (χ2n) is 6.10. The first-order valence-electron chi connectivity index (χ1n) is 7.53. The van der Waals surface area contributed by atoms with Crippen LogP contribution in [0.4, 0.5) is 5.69 Å². The lowest BCUT2D eigenvalue weighted by Crippen LogP contribution is -2.35. The molecule has 0 spiro atoms. The van der Waals surface area contributed by atoms with Crippen LogP contribution in [0.25, 0.3) is 0 Å². The maximum absolute atomic E-state index is 12.2. The van der Waals surface area contributed by atoms with Crippen LogP contribution in [0.1, 0.15) is 19.8 Å². The molecule has 1 aliphatic rings. The number of ether oxygens (including phenoxy) is 1. The highest BCUT2D eigenvalue weighted by molar-refractivity contribution is 6.30. The number of likely N-dealkylation sites (tertiary alicyclic amines) is 1. The number of anilines is 1. The molecule has 1 unspecified atom stereocenters. The standard InChI is InChI=1S/C16H24ClN3O2/c1-16(10-18)6-8-20(11-16)15(21)5-7-19-13-9-12(17)3-4-14(13)22-2/h3-4,9,19H,5-8,10-11,18H2,1-2H3. The van der Waals surface area contributed by atoms with Gasteiger partial charge in [0.25, 0.3) is 0 Å². The lowest BCUT2D eigenvalue weighted by atomic mass is 9.90. The van der Waals surface area contributed by atoms with E-state index in [4.69, 9.17) is 22.1 Å². The predicted octanol–water partition coefficient (Wildman–Crippen LogP) is 2.35. The Bertz CT molecular complexity index is 538. The number of nitrogens with zero attached hydrogens (tertiary/aromatic N) is 1. The average molecular weight is 326 g/mol. The second kappa shape index (κ2) is 7.20. The Morgan fingerprint density at radius 2 is 2.32 bits per heavy atom. The summed E-state index contributed by atoms with van der Waals surface area (Å²) in [7, 11) is 1.61. The zero-order valence-corrected chi connectivity index (χ0v) is 13.9. The molecule has 22 heavy (non-hydrogen) atoms. The van der Waals surface area contributed by atoms with E-state index >= 15 is 0 Å². The number of carbonyl (C=O) groups excluding carboxylic acids is 1. The number of amides is 1. The van der Waals surface area contributed by atoms with E-state index in [0.29, 0.717) is 30.3 Å². The third-order valence-electron chi connectivity index (χ3n) is 4.22. The van der Waals surface area contributed by atoms with Crippen LogP contribution < -0.4 is 15.8 Å². The second-order valence-corrected chi connectivity index (χ2v) is 6.54. The van der Waals surface area contributed by atoms with Crippen molar-refractivity contribution in [2.24, 2.45) is 11.1 Å². The normalized spacial score (nSPS) is 21.0. The van der Waals surface area contributed by atoms with E-state index in [1.54, 1.807) is 25.3 Å². The largest absolute Gasteiger partial charge is 0.495 e. The van der Waals surface area contributed by atoms with Crippen molar-refractivity contribution in [1.29, 1.82) is 0 Å². The van der Waals surface area contributed by atoms with Crippen molar-refractivity contribution in [3.05, 3.63) is 23.2 Å². The van der Waals surface area contributed by atoms with E-state index in [2.05, 4.69) is 12.2 Å². The number of rotatable bonds is 6. The van der Waals surface area contributed by atoms with Crippen LogP contribution in [-0.2, 0) is 4.79 Å². The number of hydrogen-bond donors (Lipinski definition) is 2. The van der Waals surface area contributed by atoms with Gasteiger partial charge in [0.1, 0.15) is 5.75 Å². The zero-order chi connectivity index (χ0) is 16.2. The van der Waals surface area contributed by atoms with Gasteiger partial charge in [0.2, 0.25) is 5.91 Å². The Morgan fingerprint density at radius 3 is 2.95 bits per heavy atom. The molecule has 1 saturated heterocycles. The van der Waals surface area contributed by atoms with Crippen LogP contribution >= 0.6 is 11.6 Å². The smallest absolute Gasteiger partial charge is 0.224 e. The molecule has 0 aromatic heterocycles. The molecule has 1 fully saturated rings. The van der Waals surface area contributed by atoms with Gasteiger partial charge in [-0.3, -0.25) is 4.79 Å². The highest BCUT2D eigenvalue weighted by Gasteiger charge is 2.34. The molecular weight excluding hydrogens is 302 g/mol. The summed E-state index contributed by atoms with van der Waals surface area (Å²) >= 11 is 5.98. The minimum atomic E-state index is 0.0687. The highest BCUT2D eigenvalue weighted by Crippen LogP contribution is 2.29.